The third-order valence-corrected chi connectivity index (χ3v) is 3.01. The summed E-state index contributed by atoms with van der Waals surface area (Å²) in [7, 11) is 1.61. The van der Waals surface area contributed by atoms with Crippen molar-refractivity contribution >= 4 is 5.91 Å². The first-order valence-electron chi connectivity index (χ1n) is 6.76. The van der Waals surface area contributed by atoms with Crippen LogP contribution in [-0.4, -0.2) is 40.6 Å². The van der Waals surface area contributed by atoms with E-state index in [0.29, 0.717) is 18.7 Å². The van der Waals surface area contributed by atoms with Gasteiger partial charge in [0.1, 0.15) is 5.75 Å². The molecule has 0 saturated carbocycles. The predicted octanol–water partition coefficient (Wildman–Crippen LogP) is 1.38. The van der Waals surface area contributed by atoms with Gasteiger partial charge < -0.3 is 15.2 Å². The second kappa shape index (κ2) is 6.90. The lowest BCUT2D eigenvalue weighted by Crippen LogP contribution is -2.27. The van der Waals surface area contributed by atoms with Crippen molar-refractivity contribution in [3.8, 4) is 11.4 Å². The lowest BCUT2D eigenvalue weighted by Gasteiger charge is -2.05. The molecule has 112 valence electrons. The molecule has 1 amide bonds. The third kappa shape index (κ3) is 4.06. The molecule has 6 nitrogen and oxygen atoms in total. The lowest BCUT2D eigenvalue weighted by molar-refractivity contribution is 0.0940. The highest BCUT2D eigenvalue weighted by atomic mass is 16.5. The minimum atomic E-state index is -0.429. The van der Waals surface area contributed by atoms with E-state index < -0.39 is 6.10 Å². The lowest BCUT2D eigenvalue weighted by atomic mass is 10.3. The first-order chi connectivity index (χ1) is 10.1. The molecule has 0 saturated heterocycles. The van der Waals surface area contributed by atoms with E-state index in [4.69, 9.17) is 9.84 Å². The standard InChI is InChI=1S/C15H19N3O3/c1-11(19)7-9-16-15(20)14-8-10-18(17-14)12-3-5-13(21-2)6-4-12/h3-6,8,10-11,19H,7,9H2,1-2H3,(H,16,20). The number of aliphatic hydroxyl groups excluding tert-OH is 1. The molecule has 1 unspecified atom stereocenters. The summed E-state index contributed by atoms with van der Waals surface area (Å²) in [5, 5.41) is 16.1. The van der Waals surface area contributed by atoms with Gasteiger partial charge in [0.05, 0.1) is 18.9 Å². The third-order valence-electron chi connectivity index (χ3n) is 3.01. The molecule has 2 N–H and O–H groups in total. The number of methoxy groups -OCH3 is 1. The van der Waals surface area contributed by atoms with E-state index in [2.05, 4.69) is 10.4 Å². The first-order valence-corrected chi connectivity index (χ1v) is 6.76. The average molecular weight is 289 g/mol. The van der Waals surface area contributed by atoms with Gasteiger partial charge in [-0.1, -0.05) is 0 Å². The molecule has 2 rings (SSSR count). The Kier molecular flexibility index (Phi) is 4.94. The highest BCUT2D eigenvalue weighted by Crippen LogP contribution is 2.14. The van der Waals surface area contributed by atoms with Crippen LogP contribution in [0.4, 0.5) is 0 Å². The Labute approximate surface area is 123 Å². The van der Waals surface area contributed by atoms with Crippen molar-refractivity contribution in [1.82, 2.24) is 15.1 Å². The molecule has 2 aromatic rings. The van der Waals surface area contributed by atoms with Gasteiger partial charge in [0, 0.05) is 12.7 Å². The maximum absolute atomic E-state index is 11.9. The van der Waals surface area contributed by atoms with E-state index in [-0.39, 0.29) is 5.91 Å². The van der Waals surface area contributed by atoms with Gasteiger partial charge in [-0.3, -0.25) is 4.79 Å². The van der Waals surface area contributed by atoms with Crippen molar-refractivity contribution in [3.05, 3.63) is 42.2 Å². The molecule has 1 aromatic carbocycles. The van der Waals surface area contributed by atoms with E-state index in [9.17, 15) is 4.79 Å². The quantitative estimate of drug-likeness (QED) is 0.842. The maximum atomic E-state index is 11.9. The first kappa shape index (κ1) is 15.1. The monoisotopic (exact) mass is 289 g/mol. The topological polar surface area (TPSA) is 76.4 Å². The molecule has 6 heteroatoms. The molecule has 0 radical (unpaired) electrons. The van der Waals surface area contributed by atoms with E-state index in [0.717, 1.165) is 11.4 Å². The molecular formula is C15H19N3O3. The summed E-state index contributed by atoms with van der Waals surface area (Å²) in [4.78, 5) is 11.9. The molecule has 0 spiro atoms. The van der Waals surface area contributed by atoms with Gasteiger partial charge in [-0.2, -0.15) is 5.10 Å². The van der Waals surface area contributed by atoms with Crippen molar-refractivity contribution in [2.24, 2.45) is 0 Å². The summed E-state index contributed by atoms with van der Waals surface area (Å²) in [6.07, 6.45) is 1.82. The van der Waals surface area contributed by atoms with E-state index in [1.165, 1.54) is 0 Å². The van der Waals surface area contributed by atoms with Gasteiger partial charge in [-0.05, 0) is 43.7 Å². The van der Waals surface area contributed by atoms with E-state index >= 15 is 0 Å². The highest BCUT2D eigenvalue weighted by Gasteiger charge is 2.10. The van der Waals surface area contributed by atoms with Crippen LogP contribution < -0.4 is 10.1 Å². The zero-order valence-corrected chi connectivity index (χ0v) is 12.1. The summed E-state index contributed by atoms with van der Waals surface area (Å²) < 4.78 is 6.73. The fourth-order valence-corrected chi connectivity index (χ4v) is 1.81. The maximum Gasteiger partial charge on any atom is 0.271 e. The largest absolute Gasteiger partial charge is 0.497 e. The van der Waals surface area contributed by atoms with Crippen LogP contribution in [-0.2, 0) is 0 Å². The van der Waals surface area contributed by atoms with Crippen molar-refractivity contribution in [3.63, 3.8) is 0 Å². The predicted molar refractivity (Wildman–Crippen MR) is 78.7 cm³/mol. The molecule has 0 aliphatic heterocycles. The van der Waals surface area contributed by atoms with E-state index in [1.807, 2.05) is 24.3 Å². The van der Waals surface area contributed by atoms with Gasteiger partial charge in [0.2, 0.25) is 0 Å². The second-order valence-electron chi connectivity index (χ2n) is 4.74. The fraction of sp³-hybridized carbons (Fsp3) is 0.333. The minimum absolute atomic E-state index is 0.247. The molecule has 0 bridgehead atoms. The van der Waals surface area contributed by atoms with Crippen LogP contribution in [0.5, 0.6) is 5.75 Å². The number of carbonyl (C=O) groups excluding carboxylic acids is 1. The summed E-state index contributed by atoms with van der Waals surface area (Å²) in [6.45, 7) is 2.11. The molecule has 1 atom stereocenters. The Morgan fingerprint density at radius 1 is 1.38 bits per heavy atom. The number of amides is 1. The van der Waals surface area contributed by atoms with Crippen molar-refractivity contribution in [1.29, 1.82) is 0 Å². The molecule has 0 aliphatic carbocycles. The fourth-order valence-electron chi connectivity index (χ4n) is 1.81. The highest BCUT2D eigenvalue weighted by molar-refractivity contribution is 5.92. The number of carbonyl (C=O) groups is 1. The molecule has 0 fully saturated rings. The van der Waals surface area contributed by atoms with Crippen LogP contribution in [0.15, 0.2) is 36.5 Å². The van der Waals surface area contributed by atoms with Gasteiger partial charge in [0.25, 0.3) is 5.91 Å². The smallest absolute Gasteiger partial charge is 0.271 e. The van der Waals surface area contributed by atoms with Crippen molar-refractivity contribution in [2.75, 3.05) is 13.7 Å². The van der Waals surface area contributed by atoms with Gasteiger partial charge in [-0.25, -0.2) is 4.68 Å². The van der Waals surface area contributed by atoms with Crippen LogP contribution in [0, 0.1) is 0 Å². The van der Waals surface area contributed by atoms with Crippen LogP contribution in [0.25, 0.3) is 5.69 Å². The average Bonchev–Trinajstić information content (AvgIpc) is 2.97. The molecule has 1 aromatic heterocycles. The summed E-state index contributed by atoms with van der Waals surface area (Å²) in [5.41, 5.74) is 1.19. The number of hydrogen-bond acceptors (Lipinski definition) is 4. The van der Waals surface area contributed by atoms with Gasteiger partial charge in [-0.15, -0.1) is 0 Å². The molecule has 1 heterocycles. The van der Waals surface area contributed by atoms with Crippen LogP contribution in [0.1, 0.15) is 23.8 Å². The summed E-state index contributed by atoms with van der Waals surface area (Å²) in [6, 6.07) is 9.04. The normalized spacial score (nSPS) is 12.0. The number of hydrogen-bond donors (Lipinski definition) is 2. The number of benzene rings is 1. The Balaban J connectivity index is 2.01. The van der Waals surface area contributed by atoms with Gasteiger partial charge >= 0.3 is 0 Å². The molecular weight excluding hydrogens is 270 g/mol. The number of aliphatic hydroxyl groups is 1. The minimum Gasteiger partial charge on any atom is -0.497 e. The number of nitrogens with one attached hydrogen (secondary N) is 1. The summed E-state index contributed by atoms with van der Waals surface area (Å²) >= 11 is 0. The molecule has 0 aliphatic rings. The number of ether oxygens (including phenoxy) is 1. The van der Waals surface area contributed by atoms with Crippen LogP contribution in [0.2, 0.25) is 0 Å². The summed E-state index contributed by atoms with van der Waals surface area (Å²) in [5.74, 6) is 0.518. The van der Waals surface area contributed by atoms with Crippen LogP contribution >= 0.6 is 0 Å². The van der Waals surface area contributed by atoms with E-state index in [1.54, 1.807) is 31.0 Å². The Morgan fingerprint density at radius 2 is 2.10 bits per heavy atom. The number of nitrogens with zero attached hydrogens (tertiary/aromatic N) is 2. The zero-order chi connectivity index (χ0) is 15.2. The second-order valence-corrected chi connectivity index (χ2v) is 4.74. The number of rotatable bonds is 6. The van der Waals surface area contributed by atoms with Crippen LogP contribution in [0.3, 0.4) is 0 Å². The Hall–Kier alpha value is -2.34. The SMILES string of the molecule is COc1ccc(-n2ccc(C(=O)NCCC(C)O)n2)cc1. The van der Waals surface area contributed by atoms with Crippen molar-refractivity contribution in [2.45, 2.75) is 19.4 Å². The Bertz CT molecular complexity index is 590. The molecule has 21 heavy (non-hydrogen) atoms. The number of aromatic nitrogens is 2. The zero-order valence-electron chi connectivity index (χ0n) is 12.1. The Morgan fingerprint density at radius 3 is 2.71 bits per heavy atom. The van der Waals surface area contributed by atoms with Gasteiger partial charge in [0.15, 0.2) is 5.69 Å². The van der Waals surface area contributed by atoms with Crippen molar-refractivity contribution < 1.29 is 14.6 Å².